The SMILES string of the molecule is CCOc1ccc(NC(=O)/C=C(\C)c2cc3c(-c4cccc5ccccc45)coc3cc2OC)cc1. The van der Waals surface area contributed by atoms with Crippen LogP contribution in [0.1, 0.15) is 19.4 Å². The summed E-state index contributed by atoms with van der Waals surface area (Å²) in [6, 6.07) is 25.8. The van der Waals surface area contributed by atoms with Gasteiger partial charge in [-0.15, -0.1) is 0 Å². The summed E-state index contributed by atoms with van der Waals surface area (Å²) in [6.45, 7) is 4.43. The average molecular weight is 478 g/mol. The molecule has 0 unspecified atom stereocenters. The van der Waals surface area contributed by atoms with Crippen molar-refractivity contribution >= 4 is 38.9 Å². The lowest BCUT2D eigenvalue weighted by Crippen LogP contribution is -2.08. The molecule has 5 nitrogen and oxygen atoms in total. The minimum absolute atomic E-state index is 0.222. The Morgan fingerprint density at radius 3 is 2.50 bits per heavy atom. The molecule has 0 radical (unpaired) electrons. The van der Waals surface area contributed by atoms with Crippen molar-refractivity contribution in [2.75, 3.05) is 19.0 Å². The van der Waals surface area contributed by atoms with Crippen LogP contribution >= 0.6 is 0 Å². The third-order valence-electron chi connectivity index (χ3n) is 6.18. The van der Waals surface area contributed by atoms with E-state index in [1.165, 1.54) is 5.39 Å². The fourth-order valence-electron chi connectivity index (χ4n) is 4.45. The third-order valence-corrected chi connectivity index (χ3v) is 6.18. The van der Waals surface area contributed by atoms with E-state index >= 15 is 0 Å². The van der Waals surface area contributed by atoms with E-state index in [1.54, 1.807) is 19.4 Å². The van der Waals surface area contributed by atoms with Gasteiger partial charge in [0.25, 0.3) is 0 Å². The molecule has 4 aromatic carbocycles. The van der Waals surface area contributed by atoms with Crippen molar-refractivity contribution < 1.29 is 18.7 Å². The van der Waals surface area contributed by atoms with E-state index in [0.717, 1.165) is 44.4 Å². The molecule has 1 N–H and O–H groups in total. The number of hydrogen-bond donors (Lipinski definition) is 1. The fraction of sp³-hybridized carbons (Fsp3) is 0.129. The zero-order valence-corrected chi connectivity index (χ0v) is 20.5. The number of benzene rings is 4. The van der Waals surface area contributed by atoms with Crippen LogP contribution in [0.2, 0.25) is 0 Å². The Bertz CT molecular complexity index is 1570. The summed E-state index contributed by atoms with van der Waals surface area (Å²) in [5, 5.41) is 6.19. The maximum atomic E-state index is 12.8. The topological polar surface area (TPSA) is 60.7 Å². The maximum absolute atomic E-state index is 12.8. The van der Waals surface area contributed by atoms with Gasteiger partial charge in [-0.2, -0.15) is 0 Å². The number of amides is 1. The summed E-state index contributed by atoms with van der Waals surface area (Å²) >= 11 is 0. The van der Waals surface area contributed by atoms with Crippen LogP contribution in [-0.4, -0.2) is 19.6 Å². The van der Waals surface area contributed by atoms with Crippen molar-refractivity contribution in [2.45, 2.75) is 13.8 Å². The van der Waals surface area contributed by atoms with Crippen molar-refractivity contribution in [3.63, 3.8) is 0 Å². The van der Waals surface area contributed by atoms with Crippen LogP contribution in [0, 0.1) is 0 Å². The van der Waals surface area contributed by atoms with Gasteiger partial charge in [0, 0.05) is 34.3 Å². The molecule has 0 spiro atoms. The van der Waals surface area contributed by atoms with E-state index < -0.39 is 0 Å². The van der Waals surface area contributed by atoms with Crippen LogP contribution in [0.3, 0.4) is 0 Å². The average Bonchev–Trinajstić information content (AvgIpc) is 3.31. The standard InChI is InChI=1S/C31H27NO4/c1-4-35-23-14-12-22(13-15-23)32-31(33)16-20(2)26-17-27-28(19-36-30(27)18-29(26)34-3)25-11-7-9-21-8-5-6-10-24(21)25/h5-19H,4H2,1-3H3,(H,32,33)/b20-16+. The Balaban J connectivity index is 1.50. The van der Waals surface area contributed by atoms with E-state index in [-0.39, 0.29) is 5.91 Å². The van der Waals surface area contributed by atoms with Crippen molar-refractivity contribution in [1.82, 2.24) is 0 Å². The van der Waals surface area contributed by atoms with Crippen LogP contribution in [0.15, 0.2) is 95.6 Å². The second kappa shape index (κ2) is 10.0. The number of carbonyl (C=O) groups is 1. The lowest BCUT2D eigenvalue weighted by Gasteiger charge is -2.11. The summed E-state index contributed by atoms with van der Waals surface area (Å²) in [7, 11) is 1.62. The molecule has 5 rings (SSSR count). The number of nitrogens with one attached hydrogen (secondary N) is 1. The molecule has 0 saturated carbocycles. The van der Waals surface area contributed by atoms with Gasteiger partial charge in [0.2, 0.25) is 5.91 Å². The number of fused-ring (bicyclic) bond motifs is 2. The molecule has 0 aliphatic heterocycles. The predicted octanol–water partition coefficient (Wildman–Crippen LogP) is 7.70. The van der Waals surface area contributed by atoms with Gasteiger partial charge in [0.1, 0.15) is 17.1 Å². The van der Waals surface area contributed by atoms with Gasteiger partial charge in [-0.25, -0.2) is 0 Å². The van der Waals surface area contributed by atoms with Crippen LogP contribution in [-0.2, 0) is 4.79 Å². The molecule has 0 saturated heterocycles. The molecule has 1 heterocycles. The van der Waals surface area contributed by atoms with Crippen molar-refractivity contribution in [3.8, 4) is 22.6 Å². The summed E-state index contributed by atoms with van der Waals surface area (Å²) in [4.78, 5) is 12.8. The Labute approximate surface area is 210 Å². The molecule has 5 aromatic rings. The number of hydrogen-bond acceptors (Lipinski definition) is 4. The first-order valence-electron chi connectivity index (χ1n) is 11.9. The highest BCUT2D eigenvalue weighted by atomic mass is 16.5. The summed E-state index contributed by atoms with van der Waals surface area (Å²) in [6.07, 6.45) is 3.37. The number of furan rings is 1. The lowest BCUT2D eigenvalue weighted by atomic mass is 9.96. The van der Waals surface area contributed by atoms with E-state index in [4.69, 9.17) is 13.9 Å². The zero-order chi connectivity index (χ0) is 25.1. The van der Waals surface area contributed by atoms with Gasteiger partial charge < -0.3 is 19.2 Å². The van der Waals surface area contributed by atoms with E-state index in [0.29, 0.717) is 18.0 Å². The van der Waals surface area contributed by atoms with Gasteiger partial charge in [-0.3, -0.25) is 4.79 Å². The summed E-state index contributed by atoms with van der Waals surface area (Å²) in [5.74, 6) is 1.19. The first kappa shape index (κ1) is 23.2. The van der Waals surface area contributed by atoms with Gasteiger partial charge in [0.15, 0.2) is 0 Å². The zero-order valence-electron chi connectivity index (χ0n) is 20.5. The molecule has 5 heteroatoms. The van der Waals surface area contributed by atoms with Crippen molar-refractivity contribution in [1.29, 1.82) is 0 Å². The molecule has 0 aliphatic carbocycles. The highest BCUT2D eigenvalue weighted by Gasteiger charge is 2.16. The van der Waals surface area contributed by atoms with Crippen LogP contribution in [0.5, 0.6) is 11.5 Å². The molecule has 0 aliphatic rings. The highest BCUT2D eigenvalue weighted by Crippen LogP contribution is 2.39. The monoisotopic (exact) mass is 477 g/mol. The summed E-state index contributed by atoms with van der Waals surface area (Å²) in [5.41, 5.74) is 5.13. The molecule has 1 amide bonds. The van der Waals surface area contributed by atoms with Crippen LogP contribution < -0.4 is 14.8 Å². The third kappa shape index (κ3) is 4.56. The number of methoxy groups -OCH3 is 1. The Hall–Kier alpha value is -4.51. The van der Waals surface area contributed by atoms with Gasteiger partial charge in [0.05, 0.1) is 20.0 Å². The van der Waals surface area contributed by atoms with Crippen molar-refractivity contribution in [2.24, 2.45) is 0 Å². The first-order valence-corrected chi connectivity index (χ1v) is 11.9. The Morgan fingerprint density at radius 2 is 1.72 bits per heavy atom. The largest absolute Gasteiger partial charge is 0.496 e. The number of allylic oxidation sites excluding steroid dienone is 1. The molecular formula is C31H27NO4. The smallest absolute Gasteiger partial charge is 0.248 e. The molecule has 1 aromatic heterocycles. The minimum Gasteiger partial charge on any atom is -0.496 e. The van der Waals surface area contributed by atoms with E-state index in [9.17, 15) is 4.79 Å². The second-order valence-corrected chi connectivity index (χ2v) is 8.50. The van der Waals surface area contributed by atoms with Crippen molar-refractivity contribution in [3.05, 3.63) is 96.8 Å². The molecule has 0 atom stereocenters. The summed E-state index contributed by atoms with van der Waals surface area (Å²) < 4.78 is 17.0. The van der Waals surface area contributed by atoms with Gasteiger partial charge in [-0.1, -0.05) is 42.5 Å². The highest BCUT2D eigenvalue weighted by molar-refractivity contribution is 6.07. The van der Waals surface area contributed by atoms with E-state index in [2.05, 4.69) is 35.6 Å². The number of anilines is 1. The Morgan fingerprint density at radius 1 is 0.944 bits per heavy atom. The number of rotatable bonds is 7. The first-order chi connectivity index (χ1) is 17.6. The molecule has 0 bridgehead atoms. The fourth-order valence-corrected chi connectivity index (χ4v) is 4.45. The van der Waals surface area contributed by atoms with Crippen LogP contribution in [0.25, 0.3) is 38.4 Å². The predicted molar refractivity (Wildman–Crippen MR) is 146 cm³/mol. The Kier molecular flexibility index (Phi) is 6.46. The molecular weight excluding hydrogens is 450 g/mol. The number of carbonyl (C=O) groups excluding carboxylic acids is 1. The van der Waals surface area contributed by atoms with Crippen LogP contribution in [0.4, 0.5) is 5.69 Å². The molecule has 0 fully saturated rings. The molecule has 36 heavy (non-hydrogen) atoms. The normalized spacial score (nSPS) is 11.6. The second-order valence-electron chi connectivity index (χ2n) is 8.50. The minimum atomic E-state index is -0.222. The number of ether oxygens (including phenoxy) is 2. The lowest BCUT2D eigenvalue weighted by molar-refractivity contribution is -0.111. The van der Waals surface area contributed by atoms with E-state index in [1.807, 2.05) is 62.4 Å². The van der Waals surface area contributed by atoms with Gasteiger partial charge >= 0.3 is 0 Å². The van der Waals surface area contributed by atoms with Gasteiger partial charge in [-0.05, 0) is 66.1 Å². The molecule has 180 valence electrons. The quantitative estimate of drug-likeness (QED) is 0.244. The maximum Gasteiger partial charge on any atom is 0.248 e.